The minimum Gasteiger partial charge on any atom is -0.480 e. The second kappa shape index (κ2) is 14.7. The van der Waals surface area contributed by atoms with E-state index >= 15 is 0 Å². The molecule has 0 spiro atoms. The van der Waals surface area contributed by atoms with Gasteiger partial charge in [-0.15, -0.1) is 0 Å². The Morgan fingerprint density at radius 1 is 0.938 bits per heavy atom. The highest BCUT2D eigenvalue weighted by atomic mass is 32.2. The van der Waals surface area contributed by atoms with Gasteiger partial charge in [-0.3, -0.25) is 19.2 Å². The Labute approximate surface area is 193 Å². The maximum absolute atomic E-state index is 12.8. The second-order valence-electron chi connectivity index (χ2n) is 8.05. The number of thioether (sulfide) groups is 1. The number of nitrogens with one attached hydrogen (secondary N) is 3. The average molecular weight is 476 g/mol. The molecule has 0 fully saturated rings. The first kappa shape index (κ1) is 29.7. The number of carboxylic acid groups (broad SMARTS) is 1. The molecule has 11 nitrogen and oxygen atoms in total. The van der Waals surface area contributed by atoms with Gasteiger partial charge in [-0.2, -0.15) is 11.8 Å². The minimum absolute atomic E-state index is 0.156. The molecule has 0 aliphatic heterocycles. The minimum atomic E-state index is -1.32. The van der Waals surface area contributed by atoms with Crippen molar-refractivity contribution in [2.45, 2.75) is 71.1 Å². The van der Waals surface area contributed by atoms with Crippen LogP contribution in [0.5, 0.6) is 0 Å². The van der Waals surface area contributed by atoms with Crippen LogP contribution < -0.4 is 27.4 Å². The van der Waals surface area contributed by atoms with Crippen molar-refractivity contribution >= 4 is 41.4 Å². The molecule has 32 heavy (non-hydrogen) atoms. The van der Waals surface area contributed by atoms with Gasteiger partial charge in [0.05, 0.1) is 12.5 Å². The third kappa shape index (κ3) is 10.3. The number of amides is 4. The molecule has 0 aliphatic rings. The lowest BCUT2D eigenvalue weighted by Gasteiger charge is -2.26. The Balaban J connectivity index is 5.51. The van der Waals surface area contributed by atoms with Gasteiger partial charge in [0.25, 0.3) is 0 Å². The van der Waals surface area contributed by atoms with Crippen molar-refractivity contribution in [1.82, 2.24) is 16.0 Å². The molecule has 0 saturated carbocycles. The summed E-state index contributed by atoms with van der Waals surface area (Å²) in [6.45, 7) is 6.94. The van der Waals surface area contributed by atoms with Gasteiger partial charge in [0.1, 0.15) is 18.1 Å². The highest BCUT2D eigenvalue weighted by Gasteiger charge is 2.32. The molecule has 5 unspecified atom stereocenters. The third-order valence-electron chi connectivity index (χ3n) is 5.07. The predicted molar refractivity (Wildman–Crippen MR) is 123 cm³/mol. The summed E-state index contributed by atoms with van der Waals surface area (Å²) in [5, 5.41) is 16.7. The van der Waals surface area contributed by atoms with Crippen LogP contribution in [0.4, 0.5) is 0 Å². The Kier molecular flexibility index (Phi) is 13.6. The lowest BCUT2D eigenvalue weighted by Crippen LogP contribution is -2.58. The summed E-state index contributed by atoms with van der Waals surface area (Å²) in [4.78, 5) is 60.8. The highest BCUT2D eigenvalue weighted by Crippen LogP contribution is 2.08. The van der Waals surface area contributed by atoms with Gasteiger partial charge in [0, 0.05) is 0 Å². The van der Waals surface area contributed by atoms with Crippen LogP contribution in [-0.2, 0) is 24.0 Å². The molecule has 4 amide bonds. The van der Waals surface area contributed by atoms with E-state index in [1.807, 2.05) is 13.2 Å². The summed E-state index contributed by atoms with van der Waals surface area (Å²) in [5.41, 5.74) is 11.1. The van der Waals surface area contributed by atoms with Gasteiger partial charge in [0.2, 0.25) is 23.6 Å². The van der Waals surface area contributed by atoms with Gasteiger partial charge >= 0.3 is 5.97 Å². The first-order valence-electron chi connectivity index (χ1n) is 10.5. The molecule has 0 saturated heterocycles. The van der Waals surface area contributed by atoms with Crippen LogP contribution in [0.2, 0.25) is 0 Å². The number of nitrogens with two attached hydrogens (primary N) is 2. The standard InChI is InChI=1S/C20H37N5O6S/c1-6-11(4)15(22)19(29)24-13(9-14(21)26)18(28)23-12(7-8-32-5)17(27)25-16(10(2)3)20(30)31/h10-13,15-16H,6-9,22H2,1-5H3,(H2,21,26)(H,23,28)(H,24,29)(H,25,27)(H,30,31). The van der Waals surface area contributed by atoms with Crippen LogP contribution in [-0.4, -0.2) is 70.9 Å². The van der Waals surface area contributed by atoms with Crippen LogP contribution in [0.1, 0.15) is 47.0 Å². The monoisotopic (exact) mass is 475 g/mol. The number of hydrogen-bond donors (Lipinski definition) is 6. The molecule has 0 aliphatic carbocycles. The number of aliphatic carboxylic acids is 1. The summed E-state index contributed by atoms with van der Waals surface area (Å²) in [6, 6.07) is -4.40. The van der Waals surface area contributed by atoms with E-state index in [2.05, 4.69) is 16.0 Å². The molecule has 0 rings (SSSR count). The first-order valence-corrected chi connectivity index (χ1v) is 11.9. The number of carbonyl (C=O) groups excluding carboxylic acids is 4. The van der Waals surface area contributed by atoms with Crippen molar-refractivity contribution in [2.24, 2.45) is 23.3 Å². The zero-order valence-corrected chi connectivity index (χ0v) is 20.2. The fourth-order valence-electron chi connectivity index (χ4n) is 2.73. The molecular weight excluding hydrogens is 438 g/mol. The fraction of sp³-hybridized carbons (Fsp3) is 0.750. The predicted octanol–water partition coefficient (Wildman–Crippen LogP) is -0.817. The molecule has 184 valence electrons. The fourth-order valence-corrected chi connectivity index (χ4v) is 3.21. The molecule has 0 bridgehead atoms. The van der Waals surface area contributed by atoms with E-state index in [0.717, 1.165) is 0 Å². The van der Waals surface area contributed by atoms with E-state index in [9.17, 15) is 29.1 Å². The molecule has 0 aromatic rings. The van der Waals surface area contributed by atoms with E-state index in [-0.39, 0.29) is 18.3 Å². The van der Waals surface area contributed by atoms with Crippen molar-refractivity contribution in [2.75, 3.05) is 12.0 Å². The summed E-state index contributed by atoms with van der Waals surface area (Å²) < 4.78 is 0. The molecule has 12 heteroatoms. The van der Waals surface area contributed by atoms with E-state index in [1.165, 1.54) is 11.8 Å². The summed E-state index contributed by atoms with van der Waals surface area (Å²) in [5.74, 6) is -4.12. The van der Waals surface area contributed by atoms with Gasteiger partial charge in [-0.25, -0.2) is 4.79 Å². The van der Waals surface area contributed by atoms with Gasteiger partial charge in [-0.1, -0.05) is 34.1 Å². The van der Waals surface area contributed by atoms with Gasteiger partial charge < -0.3 is 32.5 Å². The Hall–Kier alpha value is -2.34. The summed E-state index contributed by atoms with van der Waals surface area (Å²) >= 11 is 1.44. The van der Waals surface area contributed by atoms with Crippen molar-refractivity contribution in [3.8, 4) is 0 Å². The first-order chi connectivity index (χ1) is 14.8. The van der Waals surface area contributed by atoms with Gasteiger partial charge in [-0.05, 0) is 30.3 Å². The SMILES string of the molecule is CCC(C)C(N)C(=O)NC(CC(N)=O)C(=O)NC(CCSC)C(=O)NC(C(=O)O)C(C)C. The van der Waals surface area contributed by atoms with E-state index in [0.29, 0.717) is 12.2 Å². The largest absolute Gasteiger partial charge is 0.480 e. The van der Waals surface area contributed by atoms with Crippen LogP contribution in [0.25, 0.3) is 0 Å². The van der Waals surface area contributed by atoms with Crippen LogP contribution in [0.3, 0.4) is 0 Å². The van der Waals surface area contributed by atoms with Crippen molar-refractivity contribution in [1.29, 1.82) is 0 Å². The topological polar surface area (TPSA) is 194 Å². The molecule has 8 N–H and O–H groups in total. The van der Waals surface area contributed by atoms with E-state index in [4.69, 9.17) is 11.5 Å². The third-order valence-corrected chi connectivity index (χ3v) is 5.72. The quantitative estimate of drug-likeness (QED) is 0.177. The number of rotatable bonds is 15. The molecule has 5 atom stereocenters. The van der Waals surface area contributed by atoms with Crippen molar-refractivity contribution < 1.29 is 29.1 Å². The molecule has 0 heterocycles. The van der Waals surface area contributed by atoms with E-state index in [1.54, 1.807) is 20.8 Å². The number of carboxylic acids is 1. The lowest BCUT2D eigenvalue weighted by molar-refractivity contribution is -0.143. The second-order valence-corrected chi connectivity index (χ2v) is 9.04. The number of primary amides is 1. The Morgan fingerprint density at radius 3 is 1.91 bits per heavy atom. The summed E-state index contributed by atoms with van der Waals surface area (Å²) in [7, 11) is 0. The maximum atomic E-state index is 12.8. The van der Waals surface area contributed by atoms with Crippen LogP contribution in [0, 0.1) is 11.8 Å². The average Bonchev–Trinajstić information content (AvgIpc) is 2.71. The molecule has 0 aromatic heterocycles. The zero-order valence-electron chi connectivity index (χ0n) is 19.3. The van der Waals surface area contributed by atoms with Crippen LogP contribution in [0.15, 0.2) is 0 Å². The zero-order chi connectivity index (χ0) is 25.0. The number of hydrogen-bond acceptors (Lipinski definition) is 7. The summed E-state index contributed by atoms with van der Waals surface area (Å²) in [6.07, 6.45) is 2.19. The maximum Gasteiger partial charge on any atom is 0.326 e. The molecular formula is C20H37N5O6S. The van der Waals surface area contributed by atoms with Crippen molar-refractivity contribution in [3.63, 3.8) is 0 Å². The molecule has 0 radical (unpaired) electrons. The lowest BCUT2D eigenvalue weighted by atomic mass is 9.99. The molecule has 0 aromatic carbocycles. The normalized spacial score (nSPS) is 15.7. The Morgan fingerprint density at radius 2 is 1.47 bits per heavy atom. The van der Waals surface area contributed by atoms with E-state index < -0.39 is 60.2 Å². The number of carbonyl (C=O) groups is 5. The van der Waals surface area contributed by atoms with Crippen LogP contribution >= 0.6 is 11.8 Å². The smallest absolute Gasteiger partial charge is 0.326 e. The van der Waals surface area contributed by atoms with Gasteiger partial charge in [0.15, 0.2) is 0 Å². The van der Waals surface area contributed by atoms with Crippen molar-refractivity contribution in [3.05, 3.63) is 0 Å². The Bertz CT molecular complexity index is 675. The highest BCUT2D eigenvalue weighted by molar-refractivity contribution is 7.98.